The van der Waals surface area contributed by atoms with Crippen LogP contribution in [0.3, 0.4) is 0 Å². The Kier molecular flexibility index (Phi) is 5.96. The third-order valence-corrected chi connectivity index (χ3v) is 3.83. The van der Waals surface area contributed by atoms with Crippen LogP contribution in [0.15, 0.2) is 27.6 Å². The Labute approximate surface area is 127 Å². The average Bonchev–Trinajstić information content (AvgIpc) is 2.33. The summed E-state index contributed by atoms with van der Waals surface area (Å²) in [6.45, 7) is 1.21. The largest absolute Gasteiger partial charge is 0.480 e. The number of hydrogen-bond acceptors (Lipinski definition) is 5. The molecule has 1 atom stereocenters. The number of nitrogens with one attached hydrogen (secondary N) is 1. The highest BCUT2D eigenvalue weighted by atomic mass is 79.9. The summed E-state index contributed by atoms with van der Waals surface area (Å²) in [5, 5.41) is 22.1. The number of thioether (sulfide) groups is 1. The first kappa shape index (κ1) is 16.4. The van der Waals surface area contributed by atoms with Gasteiger partial charge >= 0.3 is 5.97 Å². The van der Waals surface area contributed by atoms with Crippen molar-refractivity contribution >= 4 is 45.3 Å². The molecular weight excluding hydrogens is 352 g/mol. The Morgan fingerprint density at radius 3 is 2.70 bits per heavy atom. The Bertz CT molecular complexity index is 552. The van der Waals surface area contributed by atoms with Crippen LogP contribution in [0.1, 0.15) is 6.92 Å². The van der Waals surface area contributed by atoms with Gasteiger partial charge in [0.25, 0.3) is 5.69 Å². The van der Waals surface area contributed by atoms with E-state index in [1.807, 2.05) is 0 Å². The molecule has 0 aliphatic rings. The van der Waals surface area contributed by atoms with Crippen LogP contribution in [0.5, 0.6) is 0 Å². The van der Waals surface area contributed by atoms with E-state index >= 15 is 0 Å². The quantitative estimate of drug-likeness (QED) is 0.455. The van der Waals surface area contributed by atoms with E-state index in [9.17, 15) is 19.7 Å². The van der Waals surface area contributed by atoms with E-state index in [0.717, 1.165) is 11.8 Å². The lowest BCUT2D eigenvalue weighted by Crippen LogP contribution is -2.41. The standard InChI is InChI=1S/C11H11BrN2O5S/c1-6(15)13-8(11(16)17)5-20-10-4-7(12)2-3-9(10)14(18)19/h2-4,8H,5H2,1H3,(H,13,15)(H,16,17). The van der Waals surface area contributed by atoms with Gasteiger partial charge in [-0.2, -0.15) is 0 Å². The summed E-state index contributed by atoms with van der Waals surface area (Å²) in [5.74, 6) is -1.67. The van der Waals surface area contributed by atoms with Crippen LogP contribution < -0.4 is 5.32 Å². The summed E-state index contributed by atoms with van der Waals surface area (Å²) in [6, 6.07) is 3.30. The molecule has 0 heterocycles. The fraction of sp³-hybridized carbons (Fsp3) is 0.273. The SMILES string of the molecule is CC(=O)NC(CSc1cc(Br)ccc1[N+](=O)[O-])C(=O)O. The molecule has 0 aliphatic carbocycles. The number of carbonyl (C=O) groups is 2. The van der Waals surface area contributed by atoms with E-state index < -0.39 is 22.8 Å². The second-order valence-corrected chi connectivity index (χ2v) is 5.75. The zero-order valence-corrected chi connectivity index (χ0v) is 12.7. The molecule has 0 spiro atoms. The van der Waals surface area contributed by atoms with Crippen LogP contribution in [0.4, 0.5) is 5.69 Å². The molecular formula is C11H11BrN2O5S. The van der Waals surface area contributed by atoms with E-state index in [1.165, 1.54) is 25.1 Å². The number of nitro groups is 1. The maximum absolute atomic E-state index is 11.0. The predicted octanol–water partition coefficient (Wildman–Crippen LogP) is 2.04. The first-order chi connectivity index (χ1) is 9.31. The van der Waals surface area contributed by atoms with Crippen molar-refractivity contribution in [2.45, 2.75) is 17.9 Å². The van der Waals surface area contributed by atoms with Crippen molar-refractivity contribution in [2.24, 2.45) is 0 Å². The Morgan fingerprint density at radius 2 is 2.20 bits per heavy atom. The number of amides is 1. The third-order valence-electron chi connectivity index (χ3n) is 2.20. The van der Waals surface area contributed by atoms with Crippen molar-refractivity contribution in [1.82, 2.24) is 5.32 Å². The van der Waals surface area contributed by atoms with Crippen molar-refractivity contribution < 1.29 is 19.6 Å². The topological polar surface area (TPSA) is 110 Å². The number of nitrogens with zero attached hydrogens (tertiary/aromatic N) is 1. The minimum absolute atomic E-state index is 0.00773. The number of carbonyl (C=O) groups excluding carboxylic acids is 1. The molecule has 0 saturated carbocycles. The number of carboxylic acids is 1. The van der Waals surface area contributed by atoms with Gasteiger partial charge in [-0.15, -0.1) is 11.8 Å². The van der Waals surface area contributed by atoms with Crippen molar-refractivity contribution in [2.75, 3.05) is 5.75 Å². The molecule has 2 N–H and O–H groups in total. The van der Waals surface area contributed by atoms with E-state index in [-0.39, 0.29) is 11.4 Å². The number of halogens is 1. The highest BCUT2D eigenvalue weighted by Crippen LogP contribution is 2.32. The number of rotatable bonds is 6. The van der Waals surface area contributed by atoms with Crippen molar-refractivity contribution in [3.05, 3.63) is 32.8 Å². The van der Waals surface area contributed by atoms with E-state index in [1.54, 1.807) is 0 Å². The molecule has 1 unspecified atom stereocenters. The minimum Gasteiger partial charge on any atom is -0.480 e. The monoisotopic (exact) mass is 362 g/mol. The highest BCUT2D eigenvalue weighted by Gasteiger charge is 2.21. The third kappa shape index (κ3) is 4.82. The number of nitro benzene ring substituents is 1. The Hall–Kier alpha value is -1.61. The van der Waals surface area contributed by atoms with Gasteiger partial charge in [0.15, 0.2) is 0 Å². The summed E-state index contributed by atoms with van der Waals surface area (Å²) in [6.07, 6.45) is 0. The minimum atomic E-state index is -1.19. The van der Waals surface area contributed by atoms with Crippen LogP contribution in [0.25, 0.3) is 0 Å². The highest BCUT2D eigenvalue weighted by molar-refractivity contribution is 9.10. The smallest absolute Gasteiger partial charge is 0.327 e. The lowest BCUT2D eigenvalue weighted by atomic mass is 10.3. The molecule has 0 fully saturated rings. The predicted molar refractivity (Wildman–Crippen MR) is 76.8 cm³/mol. The fourth-order valence-electron chi connectivity index (χ4n) is 1.35. The molecule has 0 aliphatic heterocycles. The second kappa shape index (κ2) is 7.25. The lowest BCUT2D eigenvalue weighted by Gasteiger charge is -2.12. The van der Waals surface area contributed by atoms with Crippen molar-refractivity contribution in [3.63, 3.8) is 0 Å². The Balaban J connectivity index is 2.87. The maximum Gasteiger partial charge on any atom is 0.327 e. The van der Waals surface area contributed by atoms with Gasteiger partial charge in [0.1, 0.15) is 6.04 Å². The van der Waals surface area contributed by atoms with Gasteiger partial charge < -0.3 is 10.4 Å². The number of carboxylic acid groups (broad SMARTS) is 1. The average molecular weight is 363 g/mol. The first-order valence-electron chi connectivity index (χ1n) is 5.38. The van der Waals surface area contributed by atoms with Gasteiger partial charge in [0.2, 0.25) is 5.91 Å². The molecule has 20 heavy (non-hydrogen) atoms. The lowest BCUT2D eigenvalue weighted by molar-refractivity contribution is -0.387. The number of hydrogen-bond donors (Lipinski definition) is 2. The molecule has 1 aromatic carbocycles. The number of aliphatic carboxylic acids is 1. The normalized spacial score (nSPS) is 11.7. The van der Waals surface area contributed by atoms with Gasteiger partial charge in [-0.25, -0.2) is 4.79 Å². The van der Waals surface area contributed by atoms with Crippen LogP contribution in [-0.4, -0.2) is 33.7 Å². The maximum atomic E-state index is 11.0. The number of benzene rings is 1. The summed E-state index contributed by atoms with van der Waals surface area (Å²) < 4.78 is 0.650. The Morgan fingerprint density at radius 1 is 1.55 bits per heavy atom. The van der Waals surface area contributed by atoms with Gasteiger partial charge in [0.05, 0.1) is 9.82 Å². The molecule has 0 aromatic heterocycles. The van der Waals surface area contributed by atoms with Crippen molar-refractivity contribution in [1.29, 1.82) is 0 Å². The van der Waals surface area contributed by atoms with Crippen LogP contribution >= 0.6 is 27.7 Å². The van der Waals surface area contributed by atoms with Gasteiger partial charge in [0, 0.05) is 23.2 Å². The molecule has 7 nitrogen and oxygen atoms in total. The van der Waals surface area contributed by atoms with Gasteiger partial charge in [-0.3, -0.25) is 14.9 Å². The van der Waals surface area contributed by atoms with Crippen LogP contribution in [0, 0.1) is 10.1 Å². The summed E-state index contributed by atoms with van der Waals surface area (Å²) in [7, 11) is 0. The first-order valence-corrected chi connectivity index (χ1v) is 7.15. The van der Waals surface area contributed by atoms with E-state index in [4.69, 9.17) is 5.11 Å². The molecule has 1 amide bonds. The molecule has 1 rings (SSSR count). The van der Waals surface area contributed by atoms with Crippen LogP contribution in [0.2, 0.25) is 0 Å². The summed E-state index contributed by atoms with van der Waals surface area (Å²) in [4.78, 5) is 32.5. The molecule has 108 valence electrons. The molecule has 9 heteroatoms. The van der Waals surface area contributed by atoms with Gasteiger partial charge in [-0.05, 0) is 12.1 Å². The molecule has 0 bridgehead atoms. The van der Waals surface area contributed by atoms with E-state index in [0.29, 0.717) is 9.37 Å². The fourth-order valence-corrected chi connectivity index (χ4v) is 2.93. The van der Waals surface area contributed by atoms with E-state index in [2.05, 4.69) is 21.2 Å². The molecule has 1 aromatic rings. The summed E-state index contributed by atoms with van der Waals surface area (Å²) >= 11 is 4.20. The van der Waals surface area contributed by atoms with Crippen LogP contribution in [-0.2, 0) is 9.59 Å². The zero-order chi connectivity index (χ0) is 15.3. The van der Waals surface area contributed by atoms with Crippen molar-refractivity contribution in [3.8, 4) is 0 Å². The zero-order valence-electron chi connectivity index (χ0n) is 10.3. The second-order valence-electron chi connectivity index (χ2n) is 3.77. The summed E-state index contributed by atoms with van der Waals surface area (Å²) in [5.41, 5.74) is -0.106. The molecule has 0 radical (unpaired) electrons. The molecule has 0 saturated heterocycles. The van der Waals surface area contributed by atoms with Gasteiger partial charge in [-0.1, -0.05) is 15.9 Å².